The molecular weight excluding hydrogens is 417 g/mol. The highest BCUT2D eigenvalue weighted by atomic mass is 35.5. The third-order valence-electron chi connectivity index (χ3n) is 4.56. The van der Waals surface area contributed by atoms with E-state index in [0.29, 0.717) is 59.9 Å². The first-order valence-corrected chi connectivity index (χ1v) is 10.1. The highest BCUT2D eigenvalue weighted by Gasteiger charge is 2.20. The molecule has 2 fully saturated rings. The summed E-state index contributed by atoms with van der Waals surface area (Å²) >= 11 is 12.4. The molecule has 1 aromatic carbocycles. The number of nitrogens with zero attached hydrogens (tertiary/aromatic N) is 6. The van der Waals surface area contributed by atoms with E-state index in [9.17, 15) is 0 Å². The van der Waals surface area contributed by atoms with Gasteiger partial charge in [0.25, 0.3) is 0 Å². The quantitative estimate of drug-likeness (QED) is 0.562. The Morgan fingerprint density at radius 2 is 1.38 bits per heavy atom. The van der Waals surface area contributed by atoms with Crippen LogP contribution in [-0.2, 0) is 9.47 Å². The van der Waals surface area contributed by atoms with Crippen LogP contribution in [0.5, 0.6) is 0 Å². The van der Waals surface area contributed by atoms with E-state index < -0.39 is 0 Å². The molecule has 2 aliphatic heterocycles. The van der Waals surface area contributed by atoms with Gasteiger partial charge in [-0.1, -0.05) is 29.3 Å². The minimum absolute atomic E-state index is 0.349. The molecule has 0 spiro atoms. The van der Waals surface area contributed by atoms with Crippen LogP contribution in [0.2, 0.25) is 10.0 Å². The molecule has 0 amide bonds. The van der Waals surface area contributed by atoms with Gasteiger partial charge < -0.3 is 19.3 Å². The van der Waals surface area contributed by atoms with E-state index >= 15 is 0 Å². The number of benzene rings is 1. The second-order valence-corrected chi connectivity index (χ2v) is 7.28. The smallest absolute Gasteiger partial charge is 0.250 e. The lowest BCUT2D eigenvalue weighted by Gasteiger charge is -2.30. The highest BCUT2D eigenvalue weighted by molar-refractivity contribution is 6.38. The summed E-state index contributed by atoms with van der Waals surface area (Å²) in [7, 11) is 0. The Labute approximate surface area is 178 Å². The van der Waals surface area contributed by atoms with Gasteiger partial charge in [-0.15, -0.1) is 0 Å². The van der Waals surface area contributed by atoms with Crippen LogP contribution in [0.4, 0.5) is 17.8 Å². The summed E-state index contributed by atoms with van der Waals surface area (Å²) in [5.41, 5.74) is 3.50. The van der Waals surface area contributed by atoms with E-state index in [1.807, 2.05) is 0 Å². The SMILES string of the molecule is Clc1cccc(Cl)c1/C=N\Nc1nc(N2CCOCC2)nc(N2CCOCC2)n1. The van der Waals surface area contributed by atoms with Crippen LogP contribution in [0.1, 0.15) is 5.56 Å². The van der Waals surface area contributed by atoms with Crippen molar-refractivity contribution in [1.82, 2.24) is 15.0 Å². The highest BCUT2D eigenvalue weighted by Crippen LogP contribution is 2.22. The number of morpholine rings is 2. The summed E-state index contributed by atoms with van der Waals surface area (Å²) in [6.07, 6.45) is 1.55. The largest absolute Gasteiger partial charge is 0.378 e. The van der Waals surface area contributed by atoms with E-state index in [0.717, 1.165) is 26.2 Å². The Morgan fingerprint density at radius 1 is 0.862 bits per heavy atom. The molecule has 2 aliphatic rings. The van der Waals surface area contributed by atoms with Crippen molar-refractivity contribution < 1.29 is 9.47 Å². The summed E-state index contributed by atoms with van der Waals surface area (Å²) in [5, 5.41) is 5.25. The fourth-order valence-electron chi connectivity index (χ4n) is 3.00. The van der Waals surface area contributed by atoms with E-state index in [1.54, 1.807) is 24.4 Å². The van der Waals surface area contributed by atoms with E-state index in [4.69, 9.17) is 32.7 Å². The predicted octanol–water partition coefficient (Wildman–Crippen LogP) is 2.30. The molecule has 0 unspecified atom stereocenters. The van der Waals surface area contributed by atoms with Crippen molar-refractivity contribution in [2.45, 2.75) is 0 Å². The number of hydrogen-bond acceptors (Lipinski definition) is 9. The van der Waals surface area contributed by atoms with Gasteiger partial charge in [0.05, 0.1) is 42.7 Å². The van der Waals surface area contributed by atoms with Crippen LogP contribution in [0.3, 0.4) is 0 Å². The lowest BCUT2D eigenvalue weighted by Crippen LogP contribution is -2.40. The summed E-state index contributed by atoms with van der Waals surface area (Å²) in [4.78, 5) is 17.9. The maximum absolute atomic E-state index is 6.18. The van der Waals surface area contributed by atoms with Crippen molar-refractivity contribution >= 4 is 47.3 Å². The molecule has 154 valence electrons. The van der Waals surface area contributed by atoms with Gasteiger partial charge in [0, 0.05) is 31.7 Å². The van der Waals surface area contributed by atoms with Gasteiger partial charge in [-0.2, -0.15) is 20.1 Å². The average Bonchev–Trinajstić information content (AvgIpc) is 2.77. The van der Waals surface area contributed by atoms with Crippen LogP contribution in [-0.4, -0.2) is 73.8 Å². The molecule has 0 atom stereocenters. The first-order valence-electron chi connectivity index (χ1n) is 9.35. The zero-order valence-electron chi connectivity index (χ0n) is 15.7. The van der Waals surface area contributed by atoms with Crippen molar-refractivity contribution in [3.05, 3.63) is 33.8 Å². The molecule has 4 rings (SSSR count). The molecule has 2 aromatic rings. The van der Waals surface area contributed by atoms with Crippen LogP contribution in [0, 0.1) is 0 Å². The van der Waals surface area contributed by atoms with Crippen LogP contribution in [0.15, 0.2) is 23.3 Å². The van der Waals surface area contributed by atoms with Crippen molar-refractivity contribution in [2.75, 3.05) is 67.8 Å². The van der Waals surface area contributed by atoms with Crippen LogP contribution < -0.4 is 15.2 Å². The molecule has 1 N–H and O–H groups in total. The van der Waals surface area contributed by atoms with Gasteiger partial charge in [-0.3, -0.25) is 0 Å². The monoisotopic (exact) mass is 437 g/mol. The standard InChI is InChI=1S/C18H21Cl2N7O2/c19-14-2-1-3-15(20)13(14)12-21-25-16-22-17(26-4-8-28-9-5-26)24-18(23-16)27-6-10-29-11-7-27/h1-3,12H,4-11H2,(H,22,23,24,25)/b21-12-. The molecule has 29 heavy (non-hydrogen) atoms. The Bertz CT molecular complexity index is 815. The molecule has 0 radical (unpaired) electrons. The second-order valence-electron chi connectivity index (χ2n) is 6.46. The number of rotatable bonds is 5. The van der Waals surface area contributed by atoms with Gasteiger partial charge in [0.2, 0.25) is 17.8 Å². The molecule has 1 aromatic heterocycles. The van der Waals surface area contributed by atoms with Gasteiger partial charge >= 0.3 is 0 Å². The first-order chi connectivity index (χ1) is 14.2. The summed E-state index contributed by atoms with van der Waals surface area (Å²) in [6, 6.07) is 5.29. The van der Waals surface area contributed by atoms with Crippen molar-refractivity contribution in [3.63, 3.8) is 0 Å². The maximum atomic E-state index is 6.18. The minimum atomic E-state index is 0.349. The molecule has 0 saturated carbocycles. The van der Waals surface area contributed by atoms with Gasteiger partial charge in [0.1, 0.15) is 0 Å². The molecular formula is C18H21Cl2N7O2. The fourth-order valence-corrected chi connectivity index (χ4v) is 3.50. The number of hydrazone groups is 1. The average molecular weight is 438 g/mol. The Kier molecular flexibility index (Phi) is 6.60. The lowest BCUT2D eigenvalue weighted by molar-refractivity contribution is 0.121. The van der Waals surface area contributed by atoms with Crippen LogP contribution in [0.25, 0.3) is 0 Å². The second kappa shape index (κ2) is 9.53. The fraction of sp³-hybridized carbons (Fsp3) is 0.444. The van der Waals surface area contributed by atoms with E-state index in [1.165, 1.54) is 0 Å². The number of halogens is 2. The van der Waals surface area contributed by atoms with Gasteiger partial charge in [0.15, 0.2) is 0 Å². The Morgan fingerprint density at radius 3 is 1.90 bits per heavy atom. The zero-order chi connectivity index (χ0) is 20.1. The van der Waals surface area contributed by atoms with Crippen LogP contribution >= 0.6 is 23.2 Å². The molecule has 0 bridgehead atoms. The zero-order valence-corrected chi connectivity index (χ0v) is 17.2. The van der Waals surface area contributed by atoms with Gasteiger partial charge in [-0.25, -0.2) is 5.43 Å². The third-order valence-corrected chi connectivity index (χ3v) is 5.22. The molecule has 3 heterocycles. The summed E-state index contributed by atoms with van der Waals surface area (Å²) < 4.78 is 10.9. The number of hydrogen-bond donors (Lipinski definition) is 1. The number of anilines is 3. The minimum Gasteiger partial charge on any atom is -0.378 e. The van der Waals surface area contributed by atoms with Crippen molar-refractivity contribution in [1.29, 1.82) is 0 Å². The third kappa shape index (κ3) is 5.05. The van der Waals surface area contributed by atoms with Gasteiger partial charge in [-0.05, 0) is 12.1 Å². The predicted molar refractivity (Wildman–Crippen MR) is 114 cm³/mol. The summed E-state index contributed by atoms with van der Waals surface area (Å²) in [6.45, 7) is 5.48. The number of aromatic nitrogens is 3. The molecule has 9 nitrogen and oxygen atoms in total. The molecule has 2 saturated heterocycles. The maximum Gasteiger partial charge on any atom is 0.250 e. The number of ether oxygens (including phenoxy) is 2. The Balaban J connectivity index is 1.58. The Hall–Kier alpha value is -2.20. The topological polar surface area (TPSA) is 88.0 Å². The lowest BCUT2D eigenvalue weighted by atomic mass is 10.2. The normalized spacial score (nSPS) is 17.7. The number of nitrogens with one attached hydrogen (secondary N) is 1. The molecule has 0 aliphatic carbocycles. The summed E-state index contributed by atoms with van der Waals surface area (Å²) in [5.74, 6) is 1.54. The van der Waals surface area contributed by atoms with E-state index in [-0.39, 0.29) is 0 Å². The first kappa shape index (κ1) is 20.1. The van der Waals surface area contributed by atoms with E-state index in [2.05, 4.69) is 35.3 Å². The molecule has 11 heteroatoms. The van der Waals surface area contributed by atoms with Crippen molar-refractivity contribution in [2.24, 2.45) is 5.10 Å². The van der Waals surface area contributed by atoms with Crippen molar-refractivity contribution in [3.8, 4) is 0 Å².